The van der Waals surface area contributed by atoms with Gasteiger partial charge < -0.3 is 10.8 Å². The van der Waals surface area contributed by atoms with Gasteiger partial charge in [0.15, 0.2) is 0 Å². The highest BCUT2D eigenvalue weighted by Crippen LogP contribution is 2.07. The molecule has 0 fully saturated rings. The maximum absolute atomic E-state index is 9.90. The fraction of sp³-hybridized carbons (Fsp3) is 0.875. The minimum absolute atomic E-state index is 0.0278. The van der Waals surface area contributed by atoms with Crippen LogP contribution in [-0.2, 0) is 4.79 Å². The molecular weight excluding hydrogens is 178 g/mol. The predicted molar refractivity (Wildman–Crippen MR) is 51.5 cm³/mol. The van der Waals surface area contributed by atoms with E-state index in [0.717, 1.165) is 0 Å². The molecule has 0 saturated carbocycles. The normalized spacial score (nSPS) is 11.6. The second-order valence-electron chi connectivity index (χ2n) is 4.09. The van der Waals surface area contributed by atoms with Gasteiger partial charge in [0.25, 0.3) is 0 Å². The maximum atomic E-state index is 9.90. The van der Waals surface area contributed by atoms with Gasteiger partial charge in [-0.3, -0.25) is 4.79 Å². The first-order valence-electron chi connectivity index (χ1n) is 3.66. The number of rotatable bonds is 1. The lowest BCUT2D eigenvalue weighted by Crippen LogP contribution is -2.41. The molecule has 0 atom stereocenters. The number of halogens is 1. The van der Waals surface area contributed by atoms with Gasteiger partial charge in [0, 0.05) is 4.87 Å². The summed E-state index contributed by atoms with van der Waals surface area (Å²) in [5.41, 5.74) is 4.00. The standard InChI is InChI=1S/C4H9Cl.C4H9NO2/c1-4(2,3)5;1-4(2,5)3(6)7/h1-3H3;5H2,1-2H3,(H,6,7). The first-order valence-corrected chi connectivity index (χ1v) is 4.03. The van der Waals surface area contributed by atoms with Crippen molar-refractivity contribution in [3.63, 3.8) is 0 Å². The molecule has 0 spiro atoms. The van der Waals surface area contributed by atoms with E-state index in [1.165, 1.54) is 13.8 Å². The number of hydrogen-bond donors (Lipinski definition) is 2. The minimum atomic E-state index is -1.08. The summed E-state index contributed by atoms with van der Waals surface area (Å²) in [6.07, 6.45) is 0. The average Bonchev–Trinajstić information content (AvgIpc) is 1.55. The van der Waals surface area contributed by atoms with Crippen LogP contribution in [0.3, 0.4) is 0 Å². The third kappa shape index (κ3) is 22.6. The second-order valence-corrected chi connectivity index (χ2v) is 5.23. The van der Waals surface area contributed by atoms with Gasteiger partial charge in [-0.25, -0.2) is 0 Å². The molecule has 0 amide bonds. The molecule has 0 aromatic carbocycles. The van der Waals surface area contributed by atoms with Crippen molar-refractivity contribution >= 4 is 17.6 Å². The van der Waals surface area contributed by atoms with Crippen molar-refractivity contribution in [3.05, 3.63) is 0 Å². The van der Waals surface area contributed by atoms with E-state index in [1.807, 2.05) is 20.8 Å². The van der Waals surface area contributed by atoms with E-state index in [2.05, 4.69) is 0 Å². The molecule has 0 aromatic heterocycles. The van der Waals surface area contributed by atoms with E-state index in [0.29, 0.717) is 0 Å². The zero-order valence-corrected chi connectivity index (χ0v) is 9.07. The quantitative estimate of drug-likeness (QED) is 0.628. The van der Waals surface area contributed by atoms with Gasteiger partial charge in [-0.1, -0.05) is 0 Å². The fourth-order valence-electron chi connectivity index (χ4n) is 0. The lowest BCUT2D eigenvalue weighted by atomic mass is 10.1. The molecule has 0 aliphatic carbocycles. The van der Waals surface area contributed by atoms with Gasteiger partial charge >= 0.3 is 5.97 Å². The Bertz CT molecular complexity index is 138. The van der Waals surface area contributed by atoms with Gasteiger partial charge in [-0.2, -0.15) is 0 Å². The number of aliphatic carboxylic acids is 1. The van der Waals surface area contributed by atoms with E-state index >= 15 is 0 Å². The molecule has 0 aromatic rings. The van der Waals surface area contributed by atoms with Crippen molar-refractivity contribution < 1.29 is 9.90 Å². The maximum Gasteiger partial charge on any atom is 0.323 e. The number of alkyl halides is 1. The largest absolute Gasteiger partial charge is 0.480 e. The van der Waals surface area contributed by atoms with Crippen molar-refractivity contribution in [2.75, 3.05) is 0 Å². The van der Waals surface area contributed by atoms with Crippen molar-refractivity contribution in [2.24, 2.45) is 5.73 Å². The monoisotopic (exact) mass is 195 g/mol. The van der Waals surface area contributed by atoms with Gasteiger partial charge in [-0.05, 0) is 34.6 Å². The molecule has 0 heterocycles. The summed E-state index contributed by atoms with van der Waals surface area (Å²) < 4.78 is 0. The Kier molecular flexibility index (Phi) is 5.55. The van der Waals surface area contributed by atoms with Crippen LogP contribution in [0.4, 0.5) is 0 Å². The topological polar surface area (TPSA) is 63.3 Å². The molecule has 3 nitrogen and oxygen atoms in total. The van der Waals surface area contributed by atoms with E-state index < -0.39 is 11.5 Å². The Hall–Kier alpha value is -0.280. The average molecular weight is 196 g/mol. The molecule has 0 saturated heterocycles. The number of nitrogens with two attached hydrogens (primary N) is 1. The highest BCUT2D eigenvalue weighted by molar-refractivity contribution is 6.23. The molecule has 12 heavy (non-hydrogen) atoms. The summed E-state index contributed by atoms with van der Waals surface area (Å²) in [5, 5.41) is 8.12. The number of carboxylic acid groups (broad SMARTS) is 1. The van der Waals surface area contributed by atoms with Crippen molar-refractivity contribution in [3.8, 4) is 0 Å². The highest BCUT2D eigenvalue weighted by atomic mass is 35.5. The molecular formula is C8H18ClNO2. The Morgan fingerprint density at radius 3 is 1.33 bits per heavy atom. The van der Waals surface area contributed by atoms with E-state index in [9.17, 15) is 4.79 Å². The summed E-state index contributed by atoms with van der Waals surface area (Å²) in [6, 6.07) is 0. The molecule has 0 rings (SSSR count). The molecule has 0 bridgehead atoms. The lowest BCUT2D eigenvalue weighted by molar-refractivity contribution is -0.141. The van der Waals surface area contributed by atoms with Crippen LogP contribution >= 0.6 is 11.6 Å². The smallest absolute Gasteiger partial charge is 0.323 e. The van der Waals surface area contributed by atoms with Crippen LogP contribution in [0.25, 0.3) is 0 Å². The Morgan fingerprint density at radius 2 is 1.33 bits per heavy atom. The molecule has 74 valence electrons. The zero-order chi connectivity index (χ0) is 10.6. The number of hydrogen-bond acceptors (Lipinski definition) is 2. The van der Waals surface area contributed by atoms with Crippen LogP contribution < -0.4 is 5.73 Å². The Morgan fingerprint density at radius 1 is 1.25 bits per heavy atom. The summed E-state index contributed by atoms with van der Waals surface area (Å²) in [4.78, 5) is 9.87. The van der Waals surface area contributed by atoms with E-state index in [-0.39, 0.29) is 4.87 Å². The van der Waals surface area contributed by atoms with Gasteiger partial charge in [0.2, 0.25) is 0 Å². The van der Waals surface area contributed by atoms with E-state index in [1.54, 1.807) is 0 Å². The third-order valence-electron chi connectivity index (χ3n) is 0.551. The van der Waals surface area contributed by atoms with Crippen molar-refractivity contribution in [2.45, 2.75) is 45.0 Å². The van der Waals surface area contributed by atoms with Crippen LogP contribution in [0, 0.1) is 0 Å². The number of carbonyl (C=O) groups is 1. The SMILES string of the molecule is CC(C)(C)Cl.CC(C)(N)C(=O)O. The van der Waals surface area contributed by atoms with Crippen molar-refractivity contribution in [1.29, 1.82) is 0 Å². The van der Waals surface area contributed by atoms with Crippen molar-refractivity contribution in [1.82, 2.24) is 0 Å². The molecule has 0 unspecified atom stereocenters. The fourth-order valence-corrected chi connectivity index (χ4v) is 0. The first-order chi connectivity index (χ1) is 4.94. The Balaban J connectivity index is 0. The minimum Gasteiger partial charge on any atom is -0.480 e. The van der Waals surface area contributed by atoms with E-state index in [4.69, 9.17) is 22.4 Å². The van der Waals surface area contributed by atoms with Crippen LogP contribution in [-0.4, -0.2) is 21.5 Å². The van der Waals surface area contributed by atoms with Gasteiger partial charge in [0.05, 0.1) is 0 Å². The first kappa shape index (κ1) is 14.3. The van der Waals surface area contributed by atoms with Crippen LogP contribution in [0.1, 0.15) is 34.6 Å². The molecule has 3 N–H and O–H groups in total. The molecule has 4 heteroatoms. The van der Waals surface area contributed by atoms with Crippen LogP contribution in [0.2, 0.25) is 0 Å². The van der Waals surface area contributed by atoms with Crippen LogP contribution in [0.5, 0.6) is 0 Å². The lowest BCUT2D eigenvalue weighted by Gasteiger charge is -2.09. The summed E-state index contributed by atoms with van der Waals surface area (Å²) in [5.74, 6) is -0.979. The highest BCUT2D eigenvalue weighted by Gasteiger charge is 2.19. The Labute approximate surface area is 78.9 Å². The zero-order valence-electron chi connectivity index (χ0n) is 8.31. The number of carboxylic acids is 1. The second kappa shape index (κ2) is 4.67. The summed E-state index contributed by atoms with van der Waals surface area (Å²) >= 11 is 5.53. The summed E-state index contributed by atoms with van der Waals surface area (Å²) in [7, 11) is 0. The predicted octanol–water partition coefficient (Wildman–Crippen LogP) is 1.83. The summed E-state index contributed by atoms with van der Waals surface area (Å²) in [6.45, 7) is 8.74. The molecule has 0 aliphatic rings. The molecule has 0 radical (unpaired) electrons. The van der Waals surface area contributed by atoms with Crippen LogP contribution in [0.15, 0.2) is 0 Å². The molecule has 0 aliphatic heterocycles. The van der Waals surface area contributed by atoms with Gasteiger partial charge in [-0.15, -0.1) is 11.6 Å². The van der Waals surface area contributed by atoms with Gasteiger partial charge in [0.1, 0.15) is 5.54 Å². The third-order valence-corrected chi connectivity index (χ3v) is 0.551.